The summed E-state index contributed by atoms with van der Waals surface area (Å²) < 4.78 is 23.2. The number of rotatable bonds is 12. The number of nitrogens with zero attached hydrogens (tertiary/aromatic N) is 1. The van der Waals surface area contributed by atoms with Gasteiger partial charge < -0.3 is 16.0 Å². The molecule has 2 amide bonds. The van der Waals surface area contributed by atoms with Gasteiger partial charge in [-0.3, -0.25) is 18.4 Å². The lowest BCUT2D eigenvalue weighted by atomic mass is 10.1. The largest absolute Gasteiger partial charge is 0.387 e. The van der Waals surface area contributed by atoms with Gasteiger partial charge in [-0.2, -0.15) is 0 Å². The number of amides is 2. The zero-order valence-electron chi connectivity index (χ0n) is 22.8. The lowest BCUT2D eigenvalue weighted by Gasteiger charge is -2.20. The van der Waals surface area contributed by atoms with E-state index in [1.807, 2.05) is 48.5 Å². The van der Waals surface area contributed by atoms with Gasteiger partial charge in [0.1, 0.15) is 0 Å². The number of nitrogens with one attached hydrogen (secondary N) is 3. The molecule has 0 aliphatic carbocycles. The van der Waals surface area contributed by atoms with Crippen molar-refractivity contribution in [2.24, 2.45) is 0 Å². The minimum Gasteiger partial charge on any atom is -0.387 e. The van der Waals surface area contributed by atoms with Crippen molar-refractivity contribution in [3.05, 3.63) is 129 Å². The molecular formula is C31H30Cl2N4O4S. The van der Waals surface area contributed by atoms with Crippen molar-refractivity contribution in [1.29, 1.82) is 0 Å². The van der Waals surface area contributed by atoms with Crippen molar-refractivity contribution in [3.8, 4) is 0 Å². The number of anilines is 2. The van der Waals surface area contributed by atoms with Gasteiger partial charge in [-0.05, 0) is 65.6 Å². The van der Waals surface area contributed by atoms with Gasteiger partial charge in [-0.1, -0.05) is 71.7 Å². The van der Waals surface area contributed by atoms with Crippen LogP contribution in [0.5, 0.6) is 0 Å². The van der Waals surface area contributed by atoms with Crippen LogP contribution in [0.15, 0.2) is 91.0 Å². The van der Waals surface area contributed by atoms with Crippen LogP contribution in [0.1, 0.15) is 37.4 Å². The van der Waals surface area contributed by atoms with Gasteiger partial charge in [0, 0.05) is 37.9 Å². The lowest BCUT2D eigenvalue weighted by molar-refractivity contribution is 0.0943. The molecule has 0 heterocycles. The first kappa shape index (κ1) is 31.1. The fourth-order valence-electron chi connectivity index (χ4n) is 4.28. The smallest absolute Gasteiger partial charge is 0.261 e. The molecule has 8 nitrogen and oxygen atoms in total. The molecule has 0 aromatic heterocycles. The van der Waals surface area contributed by atoms with E-state index < -0.39 is 11.3 Å². The highest BCUT2D eigenvalue weighted by atomic mass is 35.5. The van der Waals surface area contributed by atoms with Crippen LogP contribution in [0.3, 0.4) is 0 Å². The van der Waals surface area contributed by atoms with Gasteiger partial charge in [0.15, 0.2) is 0 Å². The van der Waals surface area contributed by atoms with Gasteiger partial charge in [-0.15, -0.1) is 0 Å². The Morgan fingerprint density at radius 1 is 0.810 bits per heavy atom. The molecule has 4 N–H and O–H groups in total. The number of benzene rings is 4. The van der Waals surface area contributed by atoms with Gasteiger partial charge in [0.2, 0.25) is 0 Å². The average Bonchev–Trinajstić information content (AvgIpc) is 3.01. The molecule has 0 saturated heterocycles. The second-order valence-electron chi connectivity index (χ2n) is 9.32. The molecule has 11 heteroatoms. The molecule has 4 aromatic rings. The maximum atomic E-state index is 12.7. The Balaban J connectivity index is 1.28. The second-order valence-corrected chi connectivity index (χ2v) is 11.0. The molecule has 0 bridgehead atoms. The molecule has 0 radical (unpaired) electrons. The maximum absolute atomic E-state index is 12.7. The molecule has 1 atom stereocenters. The lowest BCUT2D eigenvalue weighted by Crippen LogP contribution is -2.28. The van der Waals surface area contributed by atoms with E-state index in [2.05, 4.69) is 16.0 Å². The van der Waals surface area contributed by atoms with Gasteiger partial charge in [-0.25, -0.2) is 4.21 Å². The van der Waals surface area contributed by atoms with Crippen LogP contribution in [-0.2, 0) is 30.8 Å². The number of para-hydroxylation sites is 1. The monoisotopic (exact) mass is 624 g/mol. The normalized spacial score (nSPS) is 11.4. The molecule has 4 aromatic carbocycles. The zero-order valence-corrected chi connectivity index (χ0v) is 25.1. The van der Waals surface area contributed by atoms with Gasteiger partial charge in [0.25, 0.3) is 23.1 Å². The number of carbonyl (C=O) groups excluding carboxylic acids is 2. The summed E-state index contributed by atoms with van der Waals surface area (Å²) in [6, 6.07) is 26.6. The first-order valence-corrected chi connectivity index (χ1v) is 14.9. The zero-order chi connectivity index (χ0) is 30.1. The Hall–Kier alpha value is -3.89. The number of halogens is 2. The van der Waals surface area contributed by atoms with E-state index >= 15 is 0 Å². The molecule has 0 aliphatic heterocycles. The summed E-state index contributed by atoms with van der Waals surface area (Å²) in [5.74, 6) is -0.440. The fourth-order valence-corrected chi connectivity index (χ4v) is 5.24. The first-order chi connectivity index (χ1) is 20.3. The third-order valence-electron chi connectivity index (χ3n) is 6.59. The van der Waals surface area contributed by atoms with Crippen LogP contribution in [0.25, 0.3) is 0 Å². The summed E-state index contributed by atoms with van der Waals surface area (Å²) in [5, 5.41) is 9.66. The predicted octanol–water partition coefficient (Wildman–Crippen LogP) is 6.08. The van der Waals surface area contributed by atoms with E-state index in [1.165, 1.54) is 4.31 Å². The second kappa shape index (κ2) is 14.8. The molecule has 218 valence electrons. The topological polar surface area (TPSA) is 111 Å². The average molecular weight is 626 g/mol. The Kier molecular flexibility index (Phi) is 11.0. The first-order valence-electron chi connectivity index (χ1n) is 13.1. The highest BCUT2D eigenvalue weighted by Crippen LogP contribution is 2.27. The van der Waals surface area contributed by atoms with E-state index in [0.717, 1.165) is 22.4 Å². The van der Waals surface area contributed by atoms with E-state index in [0.29, 0.717) is 46.4 Å². The summed E-state index contributed by atoms with van der Waals surface area (Å²) in [4.78, 5) is 25.3. The molecule has 0 fully saturated rings. The Morgan fingerprint density at radius 3 is 2.05 bits per heavy atom. The molecule has 0 saturated carbocycles. The van der Waals surface area contributed by atoms with Crippen LogP contribution >= 0.6 is 23.2 Å². The molecule has 4 rings (SSSR count). The third-order valence-corrected chi connectivity index (χ3v) is 8.22. The molecule has 0 spiro atoms. The SMILES string of the molecule is CNc1ccccc1C(=O)NCc1ccc(CNC(=O)c2ccc(N(CCc3cccc(Cl)c3Cl)S(=O)O)cc2)cc1. The predicted molar refractivity (Wildman–Crippen MR) is 169 cm³/mol. The van der Waals surface area contributed by atoms with Crippen LogP contribution < -0.4 is 20.3 Å². The van der Waals surface area contributed by atoms with E-state index in [4.69, 9.17) is 23.2 Å². The highest BCUT2D eigenvalue weighted by Gasteiger charge is 2.15. The molecule has 42 heavy (non-hydrogen) atoms. The van der Waals surface area contributed by atoms with Crippen LogP contribution in [0.4, 0.5) is 11.4 Å². The number of carbonyl (C=O) groups is 2. The standard InChI is InChI=1S/C31H30Cl2N4O4S/c1-34-28-8-3-2-6-26(28)31(39)36-20-22-11-9-21(10-12-22)19-35-30(38)24-13-15-25(16-14-24)37(42(40)41)18-17-23-5-4-7-27(32)29(23)33/h2-16,34H,17-20H2,1H3,(H,35,38)(H,36,39)(H,40,41). The molecule has 0 aliphatic rings. The van der Waals surface area contributed by atoms with Crippen molar-refractivity contribution in [3.63, 3.8) is 0 Å². The van der Waals surface area contributed by atoms with Crippen molar-refractivity contribution >= 4 is 57.7 Å². The van der Waals surface area contributed by atoms with Crippen molar-refractivity contribution in [1.82, 2.24) is 10.6 Å². The number of hydrogen-bond donors (Lipinski definition) is 4. The van der Waals surface area contributed by atoms with Crippen LogP contribution in [-0.4, -0.2) is 34.2 Å². The van der Waals surface area contributed by atoms with Crippen LogP contribution in [0.2, 0.25) is 10.0 Å². The minimum atomic E-state index is -2.27. The highest BCUT2D eigenvalue weighted by molar-refractivity contribution is 7.80. The van der Waals surface area contributed by atoms with E-state index in [1.54, 1.807) is 49.5 Å². The van der Waals surface area contributed by atoms with Crippen molar-refractivity contribution in [2.75, 3.05) is 23.2 Å². The summed E-state index contributed by atoms with van der Waals surface area (Å²) >= 11 is 10.0. The Bertz CT molecular complexity index is 1570. The molecular weight excluding hydrogens is 595 g/mol. The van der Waals surface area contributed by atoms with Gasteiger partial charge in [0.05, 0.1) is 21.3 Å². The van der Waals surface area contributed by atoms with Crippen molar-refractivity contribution in [2.45, 2.75) is 19.5 Å². The number of hydrogen-bond acceptors (Lipinski definition) is 4. The summed E-state index contributed by atoms with van der Waals surface area (Å²) in [6.07, 6.45) is 0.406. The van der Waals surface area contributed by atoms with Crippen molar-refractivity contribution < 1.29 is 18.4 Å². The van der Waals surface area contributed by atoms with Crippen LogP contribution in [0, 0.1) is 0 Å². The van der Waals surface area contributed by atoms with E-state index in [9.17, 15) is 18.4 Å². The van der Waals surface area contributed by atoms with E-state index in [-0.39, 0.29) is 18.4 Å². The maximum Gasteiger partial charge on any atom is 0.261 e. The van der Waals surface area contributed by atoms with Gasteiger partial charge >= 0.3 is 0 Å². The Morgan fingerprint density at radius 2 is 1.43 bits per heavy atom. The third kappa shape index (κ3) is 8.10. The molecule has 1 unspecified atom stereocenters. The summed E-state index contributed by atoms with van der Waals surface area (Å²) in [7, 11) is 1.77. The summed E-state index contributed by atoms with van der Waals surface area (Å²) in [6.45, 7) is 0.908. The minimum absolute atomic E-state index is 0.166. The summed E-state index contributed by atoms with van der Waals surface area (Å²) in [5.41, 5.74) is 4.84. The quantitative estimate of drug-likeness (QED) is 0.143. The Labute approximate surface area is 257 Å². The fraction of sp³-hybridized carbons (Fsp3) is 0.161.